The van der Waals surface area contributed by atoms with Crippen molar-refractivity contribution in [3.05, 3.63) is 215 Å². The van der Waals surface area contributed by atoms with Gasteiger partial charge in [0.25, 0.3) is 0 Å². The molecule has 0 radical (unpaired) electrons. The van der Waals surface area contributed by atoms with Gasteiger partial charge in [0, 0.05) is 32.8 Å². The van der Waals surface area contributed by atoms with Gasteiger partial charge < -0.3 is 9.13 Å². The fraction of sp³-hybridized carbons (Fsp3) is 0.0328. The number of hydrogen-bond donors (Lipinski definition) is 0. The molecule has 9 aromatic carbocycles. The molecule has 0 unspecified atom stereocenters. The number of fused-ring (bicyclic) bond motifs is 6. The maximum absolute atomic E-state index is 14.6. The number of nitrogens with zero attached hydrogens (tertiary/aromatic N) is 7. The second-order valence-electron chi connectivity index (χ2n) is 17.6. The fourth-order valence-corrected chi connectivity index (χ4v) is 9.96. The zero-order valence-electron chi connectivity index (χ0n) is 38.1. The summed E-state index contributed by atoms with van der Waals surface area (Å²) in [6.07, 6.45) is -10.3. The fourth-order valence-electron chi connectivity index (χ4n) is 9.96. The van der Waals surface area contributed by atoms with E-state index in [0.29, 0.717) is 95.6 Å². The van der Waals surface area contributed by atoms with Crippen molar-refractivity contribution in [1.82, 2.24) is 9.13 Å². The molecular weight excluding hydrogens is 945 g/mol. The molecule has 0 aliphatic rings. The third-order valence-corrected chi connectivity index (χ3v) is 13.2. The molecule has 11 rings (SSSR count). The summed E-state index contributed by atoms with van der Waals surface area (Å²) in [6.45, 7) is 0. The molecule has 0 bridgehead atoms. The second-order valence-corrected chi connectivity index (χ2v) is 17.6. The van der Waals surface area contributed by atoms with E-state index in [0.717, 1.165) is 21.5 Å². The van der Waals surface area contributed by atoms with Crippen LogP contribution in [0.25, 0.3) is 99.5 Å². The lowest BCUT2D eigenvalue weighted by atomic mass is 9.90. The molecule has 74 heavy (non-hydrogen) atoms. The third-order valence-electron chi connectivity index (χ3n) is 13.2. The molecule has 0 saturated carbocycles. The molecule has 7 nitrogen and oxygen atoms in total. The van der Waals surface area contributed by atoms with Gasteiger partial charge in [-0.25, -0.2) is 0 Å². The Labute approximate surface area is 417 Å². The summed E-state index contributed by atoms with van der Waals surface area (Å²) in [5.41, 5.74) is 4.93. The van der Waals surface area contributed by atoms with Gasteiger partial charge in [-0.2, -0.15) is 52.7 Å². The van der Waals surface area contributed by atoms with Gasteiger partial charge in [0.05, 0.1) is 97.0 Å². The van der Waals surface area contributed by atoms with Gasteiger partial charge in [-0.1, -0.05) is 54.6 Å². The Bertz CT molecular complexity index is 4330. The quantitative estimate of drug-likeness (QED) is 0.153. The minimum absolute atomic E-state index is 0.0177. The summed E-state index contributed by atoms with van der Waals surface area (Å²) in [7, 11) is 0. The summed E-state index contributed by atoms with van der Waals surface area (Å²) < 4.78 is 91.6. The van der Waals surface area contributed by atoms with E-state index in [9.17, 15) is 52.7 Å². The molecule has 350 valence electrons. The lowest BCUT2D eigenvalue weighted by Gasteiger charge is -2.21. The predicted octanol–water partition coefficient (Wildman–Crippen LogP) is 15.9. The van der Waals surface area contributed by atoms with E-state index < -0.39 is 23.5 Å². The van der Waals surface area contributed by atoms with Gasteiger partial charge in [0.2, 0.25) is 0 Å². The van der Waals surface area contributed by atoms with Crippen molar-refractivity contribution in [2.45, 2.75) is 12.4 Å². The molecule has 0 aliphatic carbocycles. The van der Waals surface area contributed by atoms with Crippen LogP contribution in [0, 0.1) is 56.7 Å². The Morgan fingerprint density at radius 3 is 1.26 bits per heavy atom. The van der Waals surface area contributed by atoms with Gasteiger partial charge in [-0.05, 0) is 160 Å². The van der Waals surface area contributed by atoms with Crippen LogP contribution < -0.4 is 0 Å². The van der Waals surface area contributed by atoms with Gasteiger partial charge in [0.15, 0.2) is 0 Å². The van der Waals surface area contributed by atoms with E-state index >= 15 is 0 Å². The molecule has 2 aromatic heterocycles. The molecule has 0 aliphatic heterocycles. The SMILES string of the molecule is N#Cc1cc(C#N)cc(-c2ccc3c(c2)c2ccccc2n3-c2ccc(-c3cc(C(F)(F)F)cc(C(F)(F)F)c3)c(-c3cc(C#N)ccc3-n3c4ccccc4c4cc(-c5cc(C#N)cc(C#N)c5)ccc43)c2)c1. The van der Waals surface area contributed by atoms with Crippen LogP contribution in [-0.4, -0.2) is 9.13 Å². The minimum Gasteiger partial charge on any atom is -0.309 e. The van der Waals surface area contributed by atoms with Crippen molar-refractivity contribution in [2.24, 2.45) is 0 Å². The van der Waals surface area contributed by atoms with E-state index in [-0.39, 0.29) is 28.3 Å². The molecule has 0 amide bonds. The lowest BCUT2D eigenvalue weighted by Crippen LogP contribution is -2.11. The van der Waals surface area contributed by atoms with Crippen LogP contribution in [0.15, 0.2) is 176 Å². The van der Waals surface area contributed by atoms with Crippen LogP contribution in [0.3, 0.4) is 0 Å². The number of para-hydroxylation sites is 2. The first-order valence-electron chi connectivity index (χ1n) is 22.6. The maximum atomic E-state index is 14.6. The molecule has 0 N–H and O–H groups in total. The van der Waals surface area contributed by atoms with Crippen molar-refractivity contribution in [3.63, 3.8) is 0 Å². The highest BCUT2D eigenvalue weighted by molar-refractivity contribution is 6.12. The normalized spacial score (nSPS) is 11.6. The molecule has 0 atom stereocenters. The Kier molecular flexibility index (Phi) is 10.9. The van der Waals surface area contributed by atoms with Crippen LogP contribution >= 0.6 is 0 Å². The molecule has 13 heteroatoms. The molecule has 0 saturated heterocycles. The number of benzene rings is 9. The highest BCUT2D eigenvalue weighted by Crippen LogP contribution is 2.46. The Hall–Kier alpha value is -10.4. The van der Waals surface area contributed by atoms with Crippen LogP contribution in [0.5, 0.6) is 0 Å². The average molecular weight is 974 g/mol. The van der Waals surface area contributed by atoms with E-state index in [1.807, 2.05) is 94.1 Å². The van der Waals surface area contributed by atoms with Crippen LogP contribution in [0.4, 0.5) is 26.3 Å². The summed E-state index contributed by atoms with van der Waals surface area (Å²) in [6, 6.07) is 57.8. The largest absolute Gasteiger partial charge is 0.416 e. The summed E-state index contributed by atoms with van der Waals surface area (Å²) in [4.78, 5) is 0. The number of hydrogen-bond acceptors (Lipinski definition) is 5. The maximum Gasteiger partial charge on any atom is 0.416 e. The monoisotopic (exact) mass is 973 g/mol. The first-order chi connectivity index (χ1) is 35.7. The van der Waals surface area contributed by atoms with E-state index in [2.05, 4.69) is 30.3 Å². The zero-order chi connectivity index (χ0) is 51.6. The van der Waals surface area contributed by atoms with Crippen molar-refractivity contribution >= 4 is 43.6 Å². The van der Waals surface area contributed by atoms with Crippen molar-refractivity contribution < 1.29 is 26.3 Å². The summed E-state index contributed by atoms with van der Waals surface area (Å²) in [5.74, 6) is 0. The molecule has 11 aromatic rings. The van der Waals surface area contributed by atoms with Crippen molar-refractivity contribution in [1.29, 1.82) is 26.3 Å². The molecule has 0 spiro atoms. The summed E-state index contributed by atoms with van der Waals surface area (Å²) in [5, 5.41) is 52.6. The smallest absolute Gasteiger partial charge is 0.309 e. The highest BCUT2D eigenvalue weighted by Gasteiger charge is 2.37. The molecular formula is C61H29F6N7. The number of halogens is 6. The van der Waals surface area contributed by atoms with E-state index in [4.69, 9.17) is 0 Å². The lowest BCUT2D eigenvalue weighted by molar-refractivity contribution is -0.143. The Balaban J connectivity index is 1.21. The highest BCUT2D eigenvalue weighted by atomic mass is 19.4. The van der Waals surface area contributed by atoms with Gasteiger partial charge in [0.1, 0.15) is 0 Å². The van der Waals surface area contributed by atoms with Gasteiger partial charge in [-0.3, -0.25) is 0 Å². The Morgan fingerprint density at radius 1 is 0.311 bits per heavy atom. The number of nitriles is 5. The zero-order valence-corrected chi connectivity index (χ0v) is 38.1. The first-order valence-corrected chi connectivity index (χ1v) is 22.6. The van der Waals surface area contributed by atoms with Crippen molar-refractivity contribution in [2.75, 3.05) is 0 Å². The van der Waals surface area contributed by atoms with E-state index in [1.165, 1.54) is 18.2 Å². The average Bonchev–Trinajstić information content (AvgIpc) is 3.94. The topological polar surface area (TPSA) is 129 Å². The van der Waals surface area contributed by atoms with Crippen LogP contribution in [-0.2, 0) is 12.4 Å². The standard InChI is InChI=1S/C61H29F6N7/c62-60(63,64)45-24-44(25-46(28-45)61(65,66)67)48-13-12-47(73-55-7-3-1-5-49(55)53-26-40(10-15-57(53)73)42-19-36(31-69)17-37(20-42)32-70)29-51(48)52-23-35(30-68)9-14-58(52)74-56-8-4-2-6-50(56)54-27-41(11-16-59(54)74)43-21-38(33-71)18-39(22-43)34-72/h1-29H. The third kappa shape index (κ3) is 7.87. The van der Waals surface area contributed by atoms with Crippen LogP contribution in [0.1, 0.15) is 38.9 Å². The number of alkyl halides is 6. The summed E-state index contributed by atoms with van der Waals surface area (Å²) >= 11 is 0. The second kappa shape index (κ2) is 17.5. The Morgan fingerprint density at radius 2 is 0.770 bits per heavy atom. The molecule has 2 heterocycles. The van der Waals surface area contributed by atoms with E-state index in [1.54, 1.807) is 54.6 Å². The van der Waals surface area contributed by atoms with Crippen LogP contribution in [0.2, 0.25) is 0 Å². The minimum atomic E-state index is -5.15. The predicted molar refractivity (Wildman–Crippen MR) is 270 cm³/mol. The first kappa shape index (κ1) is 46.0. The number of aromatic nitrogens is 2. The van der Waals surface area contributed by atoms with Crippen molar-refractivity contribution in [3.8, 4) is 86.2 Å². The number of rotatable bonds is 6. The molecule has 0 fully saturated rings. The van der Waals surface area contributed by atoms with Gasteiger partial charge in [-0.15, -0.1) is 0 Å². The van der Waals surface area contributed by atoms with Gasteiger partial charge >= 0.3 is 12.4 Å².